The van der Waals surface area contributed by atoms with E-state index in [9.17, 15) is 19.2 Å². The summed E-state index contributed by atoms with van der Waals surface area (Å²) in [5.41, 5.74) is 8.72. The first-order valence-electron chi connectivity index (χ1n) is 31.9. The molecular formula is C70H80N12O9. The molecule has 8 aromatic rings. The average molecular weight is 1230 g/mol. The van der Waals surface area contributed by atoms with Gasteiger partial charge in [0, 0.05) is 54.2 Å². The van der Waals surface area contributed by atoms with Gasteiger partial charge in [0.1, 0.15) is 57.3 Å². The number of nitrogens with zero attached hydrogens (tertiary/aromatic N) is 7. The van der Waals surface area contributed by atoms with E-state index in [2.05, 4.69) is 63.4 Å². The van der Waals surface area contributed by atoms with Gasteiger partial charge in [0.15, 0.2) is 5.75 Å². The lowest BCUT2D eigenvalue weighted by atomic mass is 9.96. The predicted molar refractivity (Wildman–Crippen MR) is 343 cm³/mol. The fourth-order valence-electron chi connectivity index (χ4n) is 13.0. The van der Waals surface area contributed by atoms with E-state index in [-0.39, 0.29) is 42.3 Å². The normalized spacial score (nSPS) is 18.8. The zero-order valence-corrected chi connectivity index (χ0v) is 53.3. The molecule has 3 atom stereocenters. The van der Waals surface area contributed by atoms with Crippen molar-refractivity contribution in [2.75, 3.05) is 25.0 Å². The molecule has 474 valence electrons. The van der Waals surface area contributed by atoms with Crippen LogP contribution in [0.5, 0.6) is 23.0 Å². The summed E-state index contributed by atoms with van der Waals surface area (Å²) in [5.74, 6) is 6.20. The maximum absolute atomic E-state index is 13.3. The quantitative estimate of drug-likeness (QED) is 0.0889. The number of imidazole rings is 4. The molecule has 91 heavy (non-hydrogen) atoms. The van der Waals surface area contributed by atoms with Gasteiger partial charge in [-0.3, -0.25) is 19.5 Å². The van der Waals surface area contributed by atoms with E-state index >= 15 is 0 Å². The highest BCUT2D eigenvalue weighted by molar-refractivity contribution is 6.08. The summed E-state index contributed by atoms with van der Waals surface area (Å²) in [7, 11) is 0. The number of amides is 4. The molecule has 9 heterocycles. The van der Waals surface area contributed by atoms with Gasteiger partial charge in [0.05, 0.1) is 76.9 Å². The van der Waals surface area contributed by atoms with Crippen LogP contribution in [0.25, 0.3) is 45.0 Å². The first kappa shape index (κ1) is 60.5. The maximum atomic E-state index is 13.3. The molecule has 0 radical (unpaired) electrons. The monoisotopic (exact) mass is 1230 g/mol. The zero-order valence-electron chi connectivity index (χ0n) is 53.3. The molecule has 5 N–H and O–H groups in total. The second-order valence-electron chi connectivity index (χ2n) is 27.6. The third-order valence-corrected chi connectivity index (χ3v) is 17.4. The number of H-pyrrole nitrogens is 4. The number of rotatable bonds is 8. The summed E-state index contributed by atoms with van der Waals surface area (Å²) >= 11 is 0. The summed E-state index contributed by atoms with van der Waals surface area (Å²) in [6, 6.07) is 23.2. The summed E-state index contributed by atoms with van der Waals surface area (Å²) in [4.78, 5) is 89.5. The van der Waals surface area contributed by atoms with Crippen LogP contribution in [0, 0.1) is 0 Å². The van der Waals surface area contributed by atoms with Crippen molar-refractivity contribution in [3.8, 4) is 68.0 Å². The van der Waals surface area contributed by atoms with Gasteiger partial charge < -0.3 is 48.9 Å². The number of likely N-dealkylation sites (tertiary alicyclic amines) is 3. The van der Waals surface area contributed by atoms with Crippen LogP contribution in [0.2, 0.25) is 0 Å². The number of hydrogen-bond acceptors (Lipinski definition) is 13. The van der Waals surface area contributed by atoms with E-state index in [0.717, 1.165) is 130 Å². The highest BCUT2D eigenvalue weighted by Crippen LogP contribution is 2.44. The van der Waals surface area contributed by atoms with Crippen molar-refractivity contribution in [1.29, 1.82) is 0 Å². The molecule has 0 unspecified atom stereocenters. The molecule has 4 aromatic carbocycles. The van der Waals surface area contributed by atoms with Crippen molar-refractivity contribution >= 4 is 29.9 Å². The molecule has 4 fully saturated rings. The van der Waals surface area contributed by atoms with Crippen molar-refractivity contribution in [2.45, 2.75) is 174 Å². The van der Waals surface area contributed by atoms with E-state index in [1.165, 1.54) is 25.7 Å². The number of ether oxygens (including phenoxy) is 5. The molecule has 5 aliphatic heterocycles. The fraction of sp³-hybridized carbons (Fsp3) is 0.429. The van der Waals surface area contributed by atoms with E-state index in [1.807, 2.05) is 129 Å². The second-order valence-corrected chi connectivity index (χ2v) is 27.6. The number of anilines is 1. The molecular weight excluding hydrogens is 1150 g/mol. The molecule has 6 aliphatic rings. The molecule has 21 heteroatoms. The number of carbonyl (C=O) groups is 4. The van der Waals surface area contributed by atoms with Crippen LogP contribution in [0.3, 0.4) is 0 Å². The topological polar surface area (TPSA) is 251 Å². The number of aromatic nitrogens is 8. The van der Waals surface area contributed by atoms with Crippen LogP contribution in [-0.2, 0) is 20.6 Å². The number of benzene rings is 4. The highest BCUT2D eigenvalue weighted by atomic mass is 16.6. The third-order valence-electron chi connectivity index (χ3n) is 17.4. The Morgan fingerprint density at radius 3 is 1.35 bits per heavy atom. The molecule has 1 saturated carbocycles. The summed E-state index contributed by atoms with van der Waals surface area (Å²) in [6.07, 6.45) is 17.1. The van der Waals surface area contributed by atoms with Crippen LogP contribution < -0.4 is 14.8 Å². The molecule has 1 aliphatic carbocycles. The van der Waals surface area contributed by atoms with Gasteiger partial charge in [-0.2, -0.15) is 0 Å². The van der Waals surface area contributed by atoms with Gasteiger partial charge in [-0.1, -0.05) is 31.0 Å². The first-order chi connectivity index (χ1) is 43.5. The van der Waals surface area contributed by atoms with Crippen LogP contribution in [0.4, 0.5) is 20.1 Å². The summed E-state index contributed by atoms with van der Waals surface area (Å²) in [6.45, 7) is 18.8. The molecule has 3 saturated heterocycles. The third kappa shape index (κ3) is 13.1. The van der Waals surface area contributed by atoms with Crippen LogP contribution in [0.15, 0.2) is 97.6 Å². The van der Waals surface area contributed by atoms with Gasteiger partial charge >= 0.3 is 18.3 Å². The van der Waals surface area contributed by atoms with Crippen molar-refractivity contribution in [3.05, 3.63) is 138 Å². The number of nitrogens with one attached hydrogen (secondary N) is 5. The van der Waals surface area contributed by atoms with Gasteiger partial charge in [-0.05, 0) is 179 Å². The standard InChI is InChI=1S/C37H44N6O5.C33H36N6O4/c1-36(2,3)47-34(44)42-15-7-9-28(42)32-38-20-26(40-32)22-13-14-30-25(17-22)18-24-12-11-23(19-31(24)46-30)27-21-39-33(41-27)29-10-8-16-43(29)35(45)48-37(4,5)6;1-33(2,3)43-32(41)39-14-6-9-26(39)30-35-18-24(37-30)20-11-13-27-22(15-20)31(40)38-23-12-10-21(16-28(23)42-27)25-17-34-29(36-25)19-7-4-5-8-19/h11-14,17,19-21,28-29H,7-10,15-16,18H2,1-6H3,(H,38,40)(H,39,41);10-13,15-19,26H,4-9,14H2,1-3H3,(H,34,36)(H,35,37)(H,38,40)/t28-,29+;26-/m10/s1. The van der Waals surface area contributed by atoms with Crippen LogP contribution in [-0.4, -0.2) is 115 Å². The lowest BCUT2D eigenvalue weighted by Gasteiger charge is -2.27. The highest BCUT2D eigenvalue weighted by Gasteiger charge is 2.38. The zero-order chi connectivity index (χ0) is 63.5. The lowest BCUT2D eigenvalue weighted by molar-refractivity contribution is 0.0208. The van der Waals surface area contributed by atoms with Crippen molar-refractivity contribution < 1.29 is 42.9 Å². The number of carbonyl (C=O) groups excluding carboxylic acids is 4. The Morgan fingerprint density at radius 2 is 0.857 bits per heavy atom. The van der Waals surface area contributed by atoms with Crippen molar-refractivity contribution in [1.82, 2.24) is 54.6 Å². The predicted octanol–water partition coefficient (Wildman–Crippen LogP) is 15.9. The van der Waals surface area contributed by atoms with Crippen LogP contribution >= 0.6 is 0 Å². The minimum absolute atomic E-state index is 0.135. The smallest absolute Gasteiger partial charge is 0.410 e. The Morgan fingerprint density at radius 1 is 0.451 bits per heavy atom. The first-order valence-corrected chi connectivity index (χ1v) is 31.9. The molecule has 21 nitrogen and oxygen atoms in total. The second kappa shape index (κ2) is 24.1. The van der Waals surface area contributed by atoms with E-state index in [0.29, 0.717) is 54.1 Å². The van der Waals surface area contributed by atoms with Gasteiger partial charge in [-0.15, -0.1) is 0 Å². The fourth-order valence-corrected chi connectivity index (χ4v) is 13.0. The Bertz CT molecular complexity index is 3920. The number of hydrogen-bond donors (Lipinski definition) is 5. The van der Waals surface area contributed by atoms with Crippen LogP contribution in [0.1, 0.15) is 195 Å². The number of aromatic amines is 4. The SMILES string of the molecule is CC(C)(C)OC(=O)N1CCC[C@@H]1c1ncc(-c2ccc3c(c2)Cc2ccc(-c4cnc([C@@H]5CCCN5C(=O)OC(C)(C)C)[nH]4)cc2O3)[nH]1.CC(C)(C)OC(=O)N1CCC[C@H]1c1ncc(-c2ccc3c(c2)C(=O)Nc2ccc(-c4cnc(C5CCCC5)[nH]4)cc2O3)[nH]1. The average Bonchev–Trinajstić information content (AvgIpc) is 1.81. The Labute approximate surface area is 529 Å². The molecule has 4 aromatic heterocycles. The van der Waals surface area contributed by atoms with Gasteiger partial charge in [0.25, 0.3) is 5.91 Å². The Hall–Kier alpha value is -9.40. The van der Waals surface area contributed by atoms with Crippen molar-refractivity contribution in [2.24, 2.45) is 0 Å². The van der Waals surface area contributed by atoms with E-state index in [4.69, 9.17) is 23.7 Å². The minimum Gasteiger partial charge on any atom is -0.457 e. The van der Waals surface area contributed by atoms with Crippen molar-refractivity contribution in [3.63, 3.8) is 0 Å². The number of fused-ring (bicyclic) bond motifs is 4. The summed E-state index contributed by atoms with van der Waals surface area (Å²) < 4.78 is 29.6. The van der Waals surface area contributed by atoms with Gasteiger partial charge in [-0.25, -0.2) is 34.3 Å². The molecule has 14 rings (SSSR count). The Kier molecular flexibility index (Phi) is 16.0. The maximum Gasteiger partial charge on any atom is 0.410 e. The van der Waals surface area contributed by atoms with E-state index < -0.39 is 16.8 Å². The lowest BCUT2D eigenvalue weighted by Crippen LogP contribution is -2.36. The minimum atomic E-state index is -0.568. The largest absolute Gasteiger partial charge is 0.457 e. The van der Waals surface area contributed by atoms with E-state index in [1.54, 1.807) is 27.0 Å². The molecule has 4 amide bonds. The summed E-state index contributed by atoms with van der Waals surface area (Å²) in [5, 5.41) is 3.00. The molecule has 0 bridgehead atoms. The Balaban J connectivity index is 0.000000167. The molecule has 0 spiro atoms. The van der Waals surface area contributed by atoms with Gasteiger partial charge in [0.2, 0.25) is 0 Å².